The number of carbonyl (C=O) groups excluding carboxylic acids is 2. The minimum atomic E-state index is -3.96. The lowest BCUT2D eigenvalue weighted by Crippen LogP contribution is -2.51. The van der Waals surface area contributed by atoms with Gasteiger partial charge in [0.2, 0.25) is 21.8 Å². The normalized spacial score (nSPS) is 12.4. The van der Waals surface area contributed by atoms with Crippen molar-refractivity contribution in [1.29, 1.82) is 0 Å². The van der Waals surface area contributed by atoms with E-state index in [-0.39, 0.29) is 28.2 Å². The van der Waals surface area contributed by atoms with Crippen LogP contribution in [0.1, 0.15) is 26.3 Å². The highest BCUT2D eigenvalue weighted by molar-refractivity contribution is 7.92. The van der Waals surface area contributed by atoms with Gasteiger partial charge in [0.15, 0.2) is 0 Å². The van der Waals surface area contributed by atoms with Gasteiger partial charge in [-0.15, -0.1) is 0 Å². The lowest BCUT2D eigenvalue weighted by molar-refractivity contribution is -0.139. The maximum absolute atomic E-state index is 13.6. The second-order valence-corrected chi connectivity index (χ2v) is 11.6. The molecular formula is C23H27Cl3FN3O4S. The van der Waals surface area contributed by atoms with Crippen LogP contribution in [0.15, 0.2) is 36.4 Å². The first-order chi connectivity index (χ1) is 16.2. The van der Waals surface area contributed by atoms with Crippen LogP contribution >= 0.6 is 34.8 Å². The van der Waals surface area contributed by atoms with Gasteiger partial charge in [-0.2, -0.15) is 0 Å². The summed E-state index contributed by atoms with van der Waals surface area (Å²) in [6.07, 6.45) is 0.916. The molecule has 0 aliphatic heterocycles. The number of sulfonamides is 1. The van der Waals surface area contributed by atoms with E-state index in [0.29, 0.717) is 17.1 Å². The first-order valence-corrected chi connectivity index (χ1v) is 13.6. The van der Waals surface area contributed by atoms with Crippen molar-refractivity contribution in [2.75, 3.05) is 23.7 Å². The zero-order chi connectivity index (χ0) is 26.5. The van der Waals surface area contributed by atoms with Crippen LogP contribution in [0, 0.1) is 11.7 Å². The van der Waals surface area contributed by atoms with E-state index in [2.05, 4.69) is 5.32 Å². The molecule has 0 aromatic heterocycles. The van der Waals surface area contributed by atoms with E-state index >= 15 is 0 Å². The van der Waals surface area contributed by atoms with Crippen LogP contribution < -0.4 is 9.62 Å². The maximum atomic E-state index is 13.6. The van der Waals surface area contributed by atoms with Crippen LogP contribution in [0.5, 0.6) is 0 Å². The molecule has 0 aliphatic carbocycles. The highest BCUT2D eigenvalue weighted by atomic mass is 35.5. The average Bonchev–Trinajstić information content (AvgIpc) is 2.77. The van der Waals surface area contributed by atoms with Crippen LogP contribution in [0.3, 0.4) is 0 Å². The number of anilines is 1. The number of amides is 2. The van der Waals surface area contributed by atoms with Crippen LogP contribution in [0.4, 0.5) is 10.1 Å². The Bertz CT molecular complexity index is 1190. The second-order valence-electron chi connectivity index (χ2n) is 8.45. The third kappa shape index (κ3) is 8.24. The topological polar surface area (TPSA) is 86.8 Å². The summed E-state index contributed by atoms with van der Waals surface area (Å²) in [5.74, 6) is -1.60. The summed E-state index contributed by atoms with van der Waals surface area (Å²) in [5.41, 5.74) is 0.602. The summed E-state index contributed by atoms with van der Waals surface area (Å²) in [6, 6.07) is 7.18. The van der Waals surface area contributed by atoms with Crippen LogP contribution in [0.2, 0.25) is 15.1 Å². The van der Waals surface area contributed by atoms with Crippen LogP contribution in [0.25, 0.3) is 0 Å². The fourth-order valence-electron chi connectivity index (χ4n) is 3.12. The summed E-state index contributed by atoms with van der Waals surface area (Å²) in [6.45, 7) is 5.15. The highest BCUT2D eigenvalue weighted by Crippen LogP contribution is 2.26. The van der Waals surface area contributed by atoms with Gasteiger partial charge in [-0.3, -0.25) is 13.9 Å². The Morgan fingerprint density at radius 2 is 1.66 bits per heavy atom. The smallest absolute Gasteiger partial charge is 0.244 e. The molecule has 192 valence electrons. The molecule has 1 N–H and O–H groups in total. The monoisotopic (exact) mass is 565 g/mol. The molecular weight excluding hydrogens is 540 g/mol. The number of nitrogens with one attached hydrogen (secondary N) is 1. The molecule has 0 saturated heterocycles. The summed E-state index contributed by atoms with van der Waals surface area (Å²) < 4.78 is 39.5. The zero-order valence-corrected chi connectivity index (χ0v) is 22.8. The van der Waals surface area contributed by atoms with Gasteiger partial charge in [-0.25, -0.2) is 12.8 Å². The molecule has 0 fully saturated rings. The molecule has 0 unspecified atom stereocenters. The molecule has 0 aliphatic rings. The van der Waals surface area contributed by atoms with Gasteiger partial charge in [0.25, 0.3) is 0 Å². The van der Waals surface area contributed by atoms with Gasteiger partial charge >= 0.3 is 0 Å². The predicted octanol–water partition coefficient (Wildman–Crippen LogP) is 4.74. The van der Waals surface area contributed by atoms with Gasteiger partial charge in [0.1, 0.15) is 18.4 Å². The van der Waals surface area contributed by atoms with Crippen molar-refractivity contribution in [3.8, 4) is 0 Å². The molecule has 2 aromatic carbocycles. The second kappa shape index (κ2) is 12.3. The third-order valence-corrected chi connectivity index (χ3v) is 7.23. The Morgan fingerprint density at radius 3 is 2.20 bits per heavy atom. The van der Waals surface area contributed by atoms with Gasteiger partial charge in [0.05, 0.1) is 27.0 Å². The molecule has 2 amide bonds. The first kappa shape index (κ1) is 29.2. The fraction of sp³-hybridized carbons (Fsp3) is 0.391. The third-order valence-electron chi connectivity index (χ3n) is 5.06. The molecule has 0 spiro atoms. The van der Waals surface area contributed by atoms with E-state index in [9.17, 15) is 22.4 Å². The molecule has 12 heteroatoms. The molecule has 0 saturated carbocycles. The Hall–Kier alpha value is -2.07. The molecule has 35 heavy (non-hydrogen) atoms. The first-order valence-electron chi connectivity index (χ1n) is 10.6. The Balaban J connectivity index is 2.41. The molecule has 0 heterocycles. The molecule has 0 radical (unpaired) electrons. The number of carbonyl (C=O) groups is 2. The van der Waals surface area contributed by atoms with Crippen molar-refractivity contribution >= 4 is 62.3 Å². The van der Waals surface area contributed by atoms with Gasteiger partial charge in [-0.05, 0) is 48.7 Å². The molecule has 7 nitrogen and oxygen atoms in total. The Morgan fingerprint density at radius 1 is 1.00 bits per heavy atom. The average molecular weight is 567 g/mol. The van der Waals surface area contributed by atoms with E-state index in [0.717, 1.165) is 22.7 Å². The van der Waals surface area contributed by atoms with Gasteiger partial charge in [-0.1, -0.05) is 54.7 Å². The van der Waals surface area contributed by atoms with Crippen molar-refractivity contribution in [1.82, 2.24) is 10.2 Å². The summed E-state index contributed by atoms with van der Waals surface area (Å²) in [7, 11) is -3.96. The maximum Gasteiger partial charge on any atom is 0.244 e. The van der Waals surface area contributed by atoms with Crippen molar-refractivity contribution in [3.63, 3.8) is 0 Å². The van der Waals surface area contributed by atoms with Gasteiger partial charge in [0, 0.05) is 13.1 Å². The van der Waals surface area contributed by atoms with Crippen molar-refractivity contribution in [2.24, 2.45) is 5.92 Å². The Kier molecular flexibility index (Phi) is 10.2. The zero-order valence-electron chi connectivity index (χ0n) is 19.7. The fourth-order valence-corrected chi connectivity index (χ4v) is 4.46. The summed E-state index contributed by atoms with van der Waals surface area (Å²) in [4.78, 5) is 27.5. The minimum Gasteiger partial charge on any atom is -0.354 e. The number of rotatable bonds is 10. The summed E-state index contributed by atoms with van der Waals surface area (Å²) in [5, 5.41) is 3.08. The largest absolute Gasteiger partial charge is 0.354 e. The molecule has 0 bridgehead atoms. The van der Waals surface area contributed by atoms with Crippen molar-refractivity contribution in [2.45, 2.75) is 33.4 Å². The van der Waals surface area contributed by atoms with Gasteiger partial charge < -0.3 is 10.2 Å². The summed E-state index contributed by atoms with van der Waals surface area (Å²) >= 11 is 17.9. The number of hydrogen-bond donors (Lipinski definition) is 1. The number of nitrogens with zero attached hydrogens (tertiary/aromatic N) is 2. The van der Waals surface area contributed by atoms with E-state index in [1.807, 2.05) is 13.8 Å². The lowest BCUT2D eigenvalue weighted by Gasteiger charge is -2.31. The van der Waals surface area contributed by atoms with E-state index in [1.165, 1.54) is 11.0 Å². The van der Waals surface area contributed by atoms with Crippen molar-refractivity contribution < 1.29 is 22.4 Å². The lowest BCUT2D eigenvalue weighted by atomic mass is 10.1. The predicted molar refractivity (Wildman–Crippen MR) is 138 cm³/mol. The number of benzene rings is 2. The SMILES string of the molecule is CC(C)CNC(=O)[C@@H](C)N(Cc1ccc(Cl)c(Cl)c1)C(=O)CN(c1ccc(F)c(Cl)c1)S(C)(=O)=O. The van der Waals surface area contributed by atoms with Crippen LogP contribution in [-0.4, -0.2) is 50.5 Å². The Labute approximate surface area is 220 Å². The number of halogens is 4. The highest BCUT2D eigenvalue weighted by Gasteiger charge is 2.30. The van der Waals surface area contributed by atoms with E-state index in [1.54, 1.807) is 25.1 Å². The van der Waals surface area contributed by atoms with E-state index < -0.39 is 40.2 Å². The molecule has 1 atom stereocenters. The van der Waals surface area contributed by atoms with Crippen LogP contribution in [-0.2, 0) is 26.2 Å². The number of hydrogen-bond acceptors (Lipinski definition) is 4. The quantitative estimate of drug-likeness (QED) is 0.450. The standard InChI is InChI=1S/C23H27Cl3FN3O4S/c1-14(2)11-28-23(32)15(3)29(12-16-5-7-18(24)19(25)9-16)22(31)13-30(35(4,33)34)17-6-8-21(27)20(26)10-17/h5-10,14-15H,11-13H2,1-4H3,(H,28,32)/t15-/m1/s1. The van der Waals surface area contributed by atoms with E-state index in [4.69, 9.17) is 34.8 Å². The minimum absolute atomic E-state index is 0.0126. The van der Waals surface area contributed by atoms with Crippen molar-refractivity contribution in [3.05, 3.63) is 62.8 Å². The molecule has 2 aromatic rings. The molecule has 2 rings (SSSR count).